The Balaban J connectivity index is 3.05. The van der Waals surface area contributed by atoms with E-state index < -0.39 is 0 Å². The van der Waals surface area contributed by atoms with Gasteiger partial charge < -0.3 is 9.64 Å². The molecule has 2 nitrogen and oxygen atoms in total. The number of rotatable bonds is 9. The van der Waals surface area contributed by atoms with Crippen LogP contribution in [-0.2, 0) is 4.74 Å². The van der Waals surface area contributed by atoms with Gasteiger partial charge in [0, 0.05) is 25.6 Å². The van der Waals surface area contributed by atoms with Gasteiger partial charge in [-0.25, -0.2) is 0 Å². The summed E-state index contributed by atoms with van der Waals surface area (Å²) in [5.41, 5.74) is 0. The lowest BCUT2D eigenvalue weighted by atomic mass is 10.2. The lowest BCUT2D eigenvalue weighted by Gasteiger charge is -2.15. The lowest BCUT2D eigenvalue weighted by molar-refractivity contribution is 0.179. The van der Waals surface area contributed by atoms with Crippen LogP contribution < -0.4 is 0 Å². The molecule has 0 heterocycles. The van der Waals surface area contributed by atoms with Gasteiger partial charge in [-0.15, -0.1) is 0 Å². The summed E-state index contributed by atoms with van der Waals surface area (Å²) in [7, 11) is 3.94. The van der Waals surface area contributed by atoms with E-state index in [-0.39, 0.29) is 0 Å². The minimum absolute atomic E-state index is 0.881. The Labute approximate surface area is 90.8 Å². The van der Waals surface area contributed by atoms with Gasteiger partial charge in [-0.3, -0.25) is 0 Å². The maximum Gasteiger partial charge on any atom is 0.0474 e. The van der Waals surface area contributed by atoms with Crippen LogP contribution >= 0.6 is 15.9 Å². The molecule has 0 aliphatic heterocycles. The molecule has 0 aliphatic rings. The Kier molecular flexibility index (Phi) is 10.8. The highest BCUT2D eigenvalue weighted by molar-refractivity contribution is 9.09. The number of ether oxygens (including phenoxy) is 1. The van der Waals surface area contributed by atoms with Gasteiger partial charge in [0.15, 0.2) is 0 Å². The third kappa shape index (κ3) is 10.3. The fraction of sp³-hybridized carbons (Fsp3) is 1.00. The molecule has 0 saturated carbocycles. The zero-order chi connectivity index (χ0) is 9.94. The topological polar surface area (TPSA) is 12.5 Å². The number of unbranched alkanes of at least 4 members (excludes halogenated alkanes) is 2. The van der Waals surface area contributed by atoms with Gasteiger partial charge in [0.2, 0.25) is 0 Å². The van der Waals surface area contributed by atoms with Gasteiger partial charge in [-0.1, -0.05) is 22.4 Å². The molecular weight excluding hydrogens is 230 g/mol. The van der Waals surface area contributed by atoms with Crippen LogP contribution in [-0.4, -0.2) is 44.1 Å². The van der Waals surface area contributed by atoms with Gasteiger partial charge in [0.1, 0.15) is 0 Å². The summed E-state index contributed by atoms with van der Waals surface area (Å²) < 4.78 is 5.00. The molecule has 0 unspecified atom stereocenters. The molecule has 0 saturated heterocycles. The van der Waals surface area contributed by atoms with E-state index in [2.05, 4.69) is 27.9 Å². The molecule has 13 heavy (non-hydrogen) atoms. The molecule has 0 N–H and O–H groups in total. The average Bonchev–Trinajstić information content (AvgIpc) is 2.13. The number of alkyl halides is 1. The molecule has 0 aliphatic carbocycles. The normalized spacial score (nSPS) is 11.1. The predicted molar refractivity (Wildman–Crippen MR) is 61.6 cm³/mol. The fourth-order valence-electron chi connectivity index (χ4n) is 1.24. The summed E-state index contributed by atoms with van der Waals surface area (Å²) in [6.45, 7) is 3.25. The highest BCUT2D eigenvalue weighted by Gasteiger charge is 1.97. The Morgan fingerprint density at radius 2 is 1.77 bits per heavy atom. The lowest BCUT2D eigenvalue weighted by Crippen LogP contribution is -2.21. The zero-order valence-electron chi connectivity index (χ0n) is 8.89. The molecule has 0 aromatic heterocycles. The van der Waals surface area contributed by atoms with Crippen molar-refractivity contribution >= 4 is 15.9 Å². The maximum absolute atomic E-state index is 5.00. The van der Waals surface area contributed by atoms with Crippen molar-refractivity contribution in [2.45, 2.75) is 25.7 Å². The fourth-order valence-corrected chi connectivity index (χ4v) is 1.64. The summed E-state index contributed by atoms with van der Waals surface area (Å²) in [6.07, 6.45) is 5.09. The molecule has 0 fully saturated rings. The summed E-state index contributed by atoms with van der Waals surface area (Å²) in [6, 6.07) is 0. The van der Waals surface area contributed by atoms with E-state index in [1.54, 1.807) is 7.11 Å². The van der Waals surface area contributed by atoms with Gasteiger partial charge in [-0.05, 0) is 32.9 Å². The molecule has 0 aromatic rings. The SMILES string of the molecule is COCCCN(C)CCCCCBr. The van der Waals surface area contributed by atoms with Crippen LogP contribution in [0.3, 0.4) is 0 Å². The minimum Gasteiger partial charge on any atom is -0.385 e. The molecule has 0 atom stereocenters. The summed E-state index contributed by atoms with van der Waals surface area (Å²) in [4.78, 5) is 2.38. The van der Waals surface area contributed by atoms with Crippen LogP contribution in [0.2, 0.25) is 0 Å². The highest BCUT2D eigenvalue weighted by Crippen LogP contribution is 2.00. The Morgan fingerprint density at radius 3 is 2.38 bits per heavy atom. The second kappa shape index (κ2) is 10.5. The second-order valence-corrected chi connectivity index (χ2v) is 4.19. The Hall–Kier alpha value is 0.400. The molecular formula is C10H22BrNO. The number of methoxy groups -OCH3 is 1. The molecule has 0 bridgehead atoms. The largest absolute Gasteiger partial charge is 0.385 e. The summed E-state index contributed by atoms with van der Waals surface area (Å²) in [5.74, 6) is 0. The van der Waals surface area contributed by atoms with Crippen molar-refractivity contribution in [3.8, 4) is 0 Å². The van der Waals surface area contributed by atoms with Crippen LogP contribution in [0, 0.1) is 0 Å². The van der Waals surface area contributed by atoms with E-state index in [4.69, 9.17) is 4.74 Å². The standard InChI is InChI=1S/C10H22BrNO/c1-12(9-6-10-13-2)8-5-3-4-7-11/h3-10H2,1-2H3. The van der Waals surface area contributed by atoms with Crippen LogP contribution in [0.5, 0.6) is 0 Å². The first-order valence-electron chi connectivity index (χ1n) is 5.04. The van der Waals surface area contributed by atoms with Crippen molar-refractivity contribution in [2.75, 3.05) is 39.2 Å². The monoisotopic (exact) mass is 251 g/mol. The number of nitrogens with zero attached hydrogens (tertiary/aromatic N) is 1. The van der Waals surface area contributed by atoms with Crippen LogP contribution in [0.1, 0.15) is 25.7 Å². The molecule has 80 valence electrons. The Morgan fingerprint density at radius 1 is 1.08 bits per heavy atom. The predicted octanol–water partition coefficient (Wildman–Crippen LogP) is 2.52. The number of halogens is 1. The van der Waals surface area contributed by atoms with Crippen LogP contribution in [0.4, 0.5) is 0 Å². The molecule has 0 amide bonds. The highest BCUT2D eigenvalue weighted by atomic mass is 79.9. The zero-order valence-corrected chi connectivity index (χ0v) is 10.5. The van der Waals surface area contributed by atoms with Gasteiger partial charge in [0.05, 0.1) is 0 Å². The molecule has 0 rings (SSSR count). The molecule has 0 aromatic carbocycles. The first kappa shape index (κ1) is 13.4. The molecule has 3 heteroatoms. The van der Waals surface area contributed by atoms with Crippen molar-refractivity contribution in [1.82, 2.24) is 4.90 Å². The van der Waals surface area contributed by atoms with Crippen molar-refractivity contribution in [3.63, 3.8) is 0 Å². The van der Waals surface area contributed by atoms with Crippen molar-refractivity contribution in [3.05, 3.63) is 0 Å². The van der Waals surface area contributed by atoms with E-state index in [1.165, 1.54) is 25.8 Å². The third-order valence-corrected chi connectivity index (χ3v) is 2.62. The first-order chi connectivity index (χ1) is 6.31. The van der Waals surface area contributed by atoms with Crippen molar-refractivity contribution in [1.29, 1.82) is 0 Å². The van der Waals surface area contributed by atoms with E-state index in [0.29, 0.717) is 0 Å². The van der Waals surface area contributed by atoms with E-state index in [0.717, 1.165) is 24.9 Å². The van der Waals surface area contributed by atoms with Crippen LogP contribution in [0.25, 0.3) is 0 Å². The summed E-state index contributed by atoms with van der Waals surface area (Å²) >= 11 is 3.44. The Bertz CT molecular complexity index is 101. The average molecular weight is 252 g/mol. The van der Waals surface area contributed by atoms with E-state index >= 15 is 0 Å². The van der Waals surface area contributed by atoms with Crippen molar-refractivity contribution < 1.29 is 4.74 Å². The molecule has 0 radical (unpaired) electrons. The van der Waals surface area contributed by atoms with Gasteiger partial charge >= 0.3 is 0 Å². The van der Waals surface area contributed by atoms with Crippen LogP contribution in [0.15, 0.2) is 0 Å². The molecule has 0 spiro atoms. The van der Waals surface area contributed by atoms with Gasteiger partial charge in [-0.2, -0.15) is 0 Å². The maximum atomic E-state index is 5.00. The van der Waals surface area contributed by atoms with Crippen molar-refractivity contribution in [2.24, 2.45) is 0 Å². The van der Waals surface area contributed by atoms with Gasteiger partial charge in [0.25, 0.3) is 0 Å². The second-order valence-electron chi connectivity index (χ2n) is 3.40. The van der Waals surface area contributed by atoms with E-state index in [9.17, 15) is 0 Å². The van der Waals surface area contributed by atoms with E-state index in [1.807, 2.05) is 0 Å². The quantitative estimate of drug-likeness (QED) is 0.462. The minimum atomic E-state index is 0.881. The number of hydrogen-bond acceptors (Lipinski definition) is 2. The summed E-state index contributed by atoms with van der Waals surface area (Å²) in [5, 5.41) is 1.14. The first-order valence-corrected chi connectivity index (χ1v) is 6.17. The third-order valence-electron chi connectivity index (χ3n) is 2.06. The number of hydrogen-bond donors (Lipinski definition) is 0. The smallest absolute Gasteiger partial charge is 0.0474 e.